The van der Waals surface area contributed by atoms with Crippen LogP contribution in [0.5, 0.6) is 17.2 Å². The van der Waals surface area contributed by atoms with E-state index in [1.54, 1.807) is 20.8 Å². The molecular weight excluding hydrogens is 809 g/mol. The van der Waals surface area contributed by atoms with E-state index in [9.17, 15) is 52.7 Å². The Bertz CT molecular complexity index is 1940. The summed E-state index contributed by atoms with van der Waals surface area (Å²) in [6, 6.07) is 1.03. The Balaban J connectivity index is 0.000000754. The fourth-order valence-electron chi connectivity index (χ4n) is 5.32. The molecule has 0 aliphatic rings. The van der Waals surface area contributed by atoms with Crippen molar-refractivity contribution in [3.63, 3.8) is 0 Å². The van der Waals surface area contributed by atoms with Crippen molar-refractivity contribution in [3.05, 3.63) is 117 Å². The first-order valence-electron chi connectivity index (χ1n) is 16.9. The Labute approximate surface area is 315 Å². The molecule has 312 valence electrons. The monoisotopic (exact) mass is 839 g/mol. The maximum atomic E-state index is 16.3. The van der Waals surface area contributed by atoms with Gasteiger partial charge in [-0.05, 0) is 19.3 Å². The molecule has 0 amide bonds. The van der Waals surface area contributed by atoms with Gasteiger partial charge in [-0.1, -0.05) is 46.1 Å². The highest BCUT2D eigenvalue weighted by Crippen LogP contribution is 2.41. The molecule has 0 heterocycles. The van der Waals surface area contributed by atoms with Gasteiger partial charge in [-0.15, -0.1) is 6.07 Å². The van der Waals surface area contributed by atoms with Gasteiger partial charge >= 0.3 is 7.32 Å². The van der Waals surface area contributed by atoms with Crippen molar-refractivity contribution in [2.75, 3.05) is 19.6 Å². The lowest BCUT2D eigenvalue weighted by molar-refractivity contribution is 0.230. The summed E-state index contributed by atoms with van der Waals surface area (Å²) in [5.74, 6) is -38.3. The van der Waals surface area contributed by atoms with Gasteiger partial charge in [0.25, 0.3) is 0 Å². The molecule has 0 N–H and O–H groups in total. The highest BCUT2D eigenvalue weighted by molar-refractivity contribution is 6.39. The molecule has 21 heteroatoms. The summed E-state index contributed by atoms with van der Waals surface area (Å²) in [7, 11) is -3.27. The van der Waals surface area contributed by atoms with Crippen molar-refractivity contribution in [1.29, 1.82) is 0 Å². The summed E-state index contributed by atoms with van der Waals surface area (Å²) in [4.78, 5) is 0. The first kappa shape index (κ1) is 46.6. The Morgan fingerprint density at radius 2 is 0.825 bits per heavy atom. The van der Waals surface area contributed by atoms with Crippen LogP contribution in [0.25, 0.3) is 0 Å². The van der Waals surface area contributed by atoms with Crippen LogP contribution in [0.3, 0.4) is 0 Å². The number of hydrogen-bond acceptors (Lipinski definition) is 3. The number of hydrogen-bond donors (Lipinski definition) is 0. The molecule has 4 rings (SSSR count). The van der Waals surface area contributed by atoms with Gasteiger partial charge in [0, 0.05) is 17.9 Å². The molecule has 0 aliphatic heterocycles. The second-order valence-electron chi connectivity index (χ2n) is 12.1. The molecule has 0 unspecified atom stereocenters. The molecule has 4 aromatic rings. The van der Waals surface area contributed by atoms with Crippen LogP contribution in [-0.2, 0) is 0 Å². The Morgan fingerprint density at radius 1 is 0.439 bits per heavy atom. The van der Waals surface area contributed by atoms with Crippen molar-refractivity contribution in [2.24, 2.45) is 0 Å². The molecule has 0 saturated carbocycles. The number of nitrogens with zero attached hydrogens (tertiary/aromatic N) is 1. The van der Waals surface area contributed by atoms with E-state index in [1.165, 1.54) is 6.07 Å². The third-order valence-corrected chi connectivity index (χ3v) is 8.16. The molecule has 0 saturated heterocycles. The zero-order valence-corrected chi connectivity index (χ0v) is 29.9. The van der Waals surface area contributed by atoms with Gasteiger partial charge in [-0.2, -0.15) is 22.0 Å². The van der Waals surface area contributed by atoms with Crippen molar-refractivity contribution < 1.29 is 84.2 Å². The molecule has 0 aromatic heterocycles. The third-order valence-electron chi connectivity index (χ3n) is 8.16. The van der Waals surface area contributed by atoms with Gasteiger partial charge in [0.1, 0.15) is 0 Å². The Hall–Kier alpha value is -4.82. The zero-order chi connectivity index (χ0) is 42.9. The summed E-state index contributed by atoms with van der Waals surface area (Å²) in [6.07, 6.45) is 2.65. The van der Waals surface area contributed by atoms with Gasteiger partial charge in [-0.25, -0.2) is 43.9 Å². The van der Waals surface area contributed by atoms with E-state index < -0.39 is 128 Å². The van der Waals surface area contributed by atoms with Crippen LogP contribution >= 0.6 is 0 Å². The molecule has 0 atom stereocenters. The lowest BCUT2D eigenvalue weighted by Gasteiger charge is -2.39. The van der Waals surface area contributed by atoms with Crippen LogP contribution in [0.1, 0.15) is 59.3 Å². The summed E-state index contributed by atoms with van der Waals surface area (Å²) >= 11 is 0. The lowest BCUT2D eigenvalue weighted by atomic mass is 10.1. The minimum atomic E-state index is -3.27. The van der Waals surface area contributed by atoms with Crippen LogP contribution in [-0.4, -0.2) is 27.0 Å². The predicted molar refractivity (Wildman–Crippen MR) is 173 cm³/mol. The largest absolute Gasteiger partial charge is 0.864 e. The standard InChI is InChI=1S/C30H29BF12NO3.C6HF4/c1-4-7-10-44(11-8-5-2,12-9-6-3)27-22(39)21(38)25(42)30(26(27)43)47-31(45-28-17(34)13-15(32)19(36)23(28)40)46-29-18(35)14-16(33)20(37)24(29)41;7-3-1-4(8)6(10)5(9)2-3/h13-14H,4-12H2,1-3H3;1H/q+1;-1. The number of unbranched alkanes of at least 4 members (excludes halogenated alkanes) is 3. The fourth-order valence-corrected chi connectivity index (χ4v) is 5.32. The SMILES string of the molecule is CCCC[N+](CCCC)(CCCC)c1c(F)c(F)c(F)c(OB(Oc2c(F)cc(F)c(F)c2F)Oc2c(F)cc(F)c(F)c2F)c1F.Fc1[c-]c(F)c(F)c(F)c1. The van der Waals surface area contributed by atoms with E-state index in [1.807, 2.05) is 0 Å². The number of quaternary nitrogens is 1. The first-order chi connectivity index (χ1) is 26.8. The van der Waals surface area contributed by atoms with E-state index in [4.69, 9.17) is 4.65 Å². The maximum absolute atomic E-state index is 16.3. The van der Waals surface area contributed by atoms with Crippen LogP contribution < -0.4 is 18.4 Å². The van der Waals surface area contributed by atoms with Gasteiger partial charge in [0.15, 0.2) is 52.2 Å². The number of rotatable bonds is 16. The van der Waals surface area contributed by atoms with E-state index in [0.29, 0.717) is 38.5 Å². The number of benzene rings is 4. The van der Waals surface area contributed by atoms with Crippen molar-refractivity contribution in [2.45, 2.75) is 59.3 Å². The minimum absolute atomic E-state index is 0.0296. The lowest BCUT2D eigenvalue weighted by Crippen LogP contribution is -2.53. The quantitative estimate of drug-likeness (QED) is 0.0281. The molecule has 0 bridgehead atoms. The number of halogens is 16. The van der Waals surface area contributed by atoms with Crippen molar-refractivity contribution in [3.8, 4) is 17.2 Å². The second-order valence-corrected chi connectivity index (χ2v) is 12.1. The molecule has 0 fully saturated rings. The Kier molecular flexibility index (Phi) is 16.4. The van der Waals surface area contributed by atoms with E-state index in [2.05, 4.69) is 9.31 Å². The second kappa shape index (κ2) is 20.0. The Morgan fingerprint density at radius 3 is 1.23 bits per heavy atom. The molecule has 57 heavy (non-hydrogen) atoms. The molecule has 0 spiro atoms. The maximum Gasteiger partial charge on any atom is 0.864 e. The third kappa shape index (κ3) is 10.6. The first-order valence-corrected chi connectivity index (χ1v) is 16.9. The van der Waals surface area contributed by atoms with Gasteiger partial charge < -0.3 is 14.0 Å². The molecule has 0 aliphatic carbocycles. The van der Waals surface area contributed by atoms with Crippen LogP contribution in [0.15, 0.2) is 18.2 Å². The van der Waals surface area contributed by atoms with Crippen LogP contribution in [0.4, 0.5) is 75.9 Å². The van der Waals surface area contributed by atoms with Gasteiger partial charge in [-0.3, -0.25) is 8.87 Å². The van der Waals surface area contributed by atoms with Gasteiger partial charge in [0.2, 0.25) is 40.6 Å². The van der Waals surface area contributed by atoms with E-state index >= 15 is 17.6 Å². The molecule has 4 aromatic carbocycles. The summed E-state index contributed by atoms with van der Waals surface area (Å²) in [5.41, 5.74) is -1.02. The van der Waals surface area contributed by atoms with Crippen LogP contribution in [0, 0.1) is 99.1 Å². The van der Waals surface area contributed by atoms with E-state index in [-0.39, 0.29) is 37.8 Å². The van der Waals surface area contributed by atoms with Crippen molar-refractivity contribution in [1.82, 2.24) is 4.48 Å². The van der Waals surface area contributed by atoms with Gasteiger partial charge in [0.05, 0.1) is 37.1 Å². The predicted octanol–water partition coefficient (Wildman–Crippen LogP) is 11.6. The smallest absolute Gasteiger partial charge is 0.484 e. The average molecular weight is 839 g/mol. The average Bonchev–Trinajstić information content (AvgIpc) is 3.16. The highest BCUT2D eigenvalue weighted by Gasteiger charge is 2.45. The molecule has 0 radical (unpaired) electrons. The molecular formula is C36H30BF16NO3. The molecule has 4 nitrogen and oxygen atoms in total. The summed E-state index contributed by atoms with van der Waals surface area (Å²) < 4.78 is 236. The minimum Gasteiger partial charge on any atom is -0.484 e. The topological polar surface area (TPSA) is 27.7 Å². The normalized spacial score (nSPS) is 11.4. The highest BCUT2D eigenvalue weighted by atomic mass is 19.2. The van der Waals surface area contributed by atoms with Crippen molar-refractivity contribution >= 4 is 13.0 Å². The zero-order valence-electron chi connectivity index (χ0n) is 29.9. The van der Waals surface area contributed by atoms with E-state index in [0.717, 1.165) is 0 Å². The summed E-state index contributed by atoms with van der Waals surface area (Å²) in [6.45, 7) is 5.40. The summed E-state index contributed by atoms with van der Waals surface area (Å²) in [5, 5.41) is 0. The fraction of sp³-hybridized carbons (Fsp3) is 0.333. The van der Waals surface area contributed by atoms with Crippen LogP contribution in [0.2, 0.25) is 0 Å².